The smallest absolute Gasteiger partial charge is 0.407 e. The van der Waals surface area contributed by atoms with Crippen LogP contribution in [0.3, 0.4) is 0 Å². The minimum atomic E-state index is -0.925. The van der Waals surface area contributed by atoms with Crippen molar-refractivity contribution in [1.82, 2.24) is 4.90 Å². The van der Waals surface area contributed by atoms with E-state index >= 15 is 0 Å². The lowest BCUT2D eigenvalue weighted by Crippen LogP contribution is -2.55. The molecule has 0 bridgehead atoms. The van der Waals surface area contributed by atoms with E-state index in [1.165, 1.54) is 4.90 Å². The van der Waals surface area contributed by atoms with E-state index in [9.17, 15) is 4.79 Å². The average molecular weight is 160 g/mol. The third-order valence-electron chi connectivity index (χ3n) is 1.97. The van der Waals surface area contributed by atoms with Crippen LogP contribution in [0.15, 0.2) is 0 Å². The van der Waals surface area contributed by atoms with Gasteiger partial charge in [0.15, 0.2) is 0 Å². The van der Waals surface area contributed by atoms with Crippen LogP contribution in [0.4, 0.5) is 4.79 Å². The van der Waals surface area contributed by atoms with E-state index in [2.05, 4.69) is 0 Å². The van der Waals surface area contributed by atoms with Gasteiger partial charge in [-0.2, -0.15) is 0 Å². The van der Waals surface area contributed by atoms with E-state index in [-0.39, 0.29) is 12.5 Å². The predicted octanol–water partition coefficient (Wildman–Crippen LogP) is -1.08. The summed E-state index contributed by atoms with van der Waals surface area (Å²) in [6.45, 7) is 1.03. The van der Waals surface area contributed by atoms with E-state index in [4.69, 9.17) is 15.9 Å². The second-order valence-corrected chi connectivity index (χ2v) is 2.75. The largest absolute Gasteiger partial charge is 0.465 e. The summed E-state index contributed by atoms with van der Waals surface area (Å²) in [5.74, 6) is 0.0381. The highest BCUT2D eigenvalue weighted by atomic mass is 16.4. The van der Waals surface area contributed by atoms with Crippen molar-refractivity contribution in [2.45, 2.75) is 6.10 Å². The molecule has 0 aliphatic carbocycles. The van der Waals surface area contributed by atoms with Crippen molar-refractivity contribution in [2.75, 3.05) is 19.6 Å². The van der Waals surface area contributed by atoms with Crippen LogP contribution in [-0.4, -0.2) is 46.9 Å². The van der Waals surface area contributed by atoms with Crippen LogP contribution in [0, 0.1) is 5.92 Å². The van der Waals surface area contributed by atoms with Crippen LogP contribution in [0.2, 0.25) is 0 Å². The van der Waals surface area contributed by atoms with Crippen LogP contribution in [0.5, 0.6) is 0 Å². The zero-order valence-corrected chi connectivity index (χ0v) is 6.10. The number of aliphatic hydroxyl groups is 1. The van der Waals surface area contributed by atoms with E-state index in [1.54, 1.807) is 0 Å². The van der Waals surface area contributed by atoms with Gasteiger partial charge in [0.2, 0.25) is 0 Å². The Balaban J connectivity index is 2.23. The predicted molar refractivity (Wildman–Crippen MR) is 38.1 cm³/mol. The van der Waals surface area contributed by atoms with E-state index in [1.807, 2.05) is 0 Å². The molecule has 1 unspecified atom stereocenters. The minimum Gasteiger partial charge on any atom is -0.465 e. The molecule has 0 aromatic heterocycles. The van der Waals surface area contributed by atoms with Gasteiger partial charge in [-0.1, -0.05) is 0 Å². The van der Waals surface area contributed by atoms with Crippen molar-refractivity contribution in [3.05, 3.63) is 0 Å². The zero-order valence-electron chi connectivity index (χ0n) is 6.10. The summed E-state index contributed by atoms with van der Waals surface area (Å²) >= 11 is 0. The fourth-order valence-corrected chi connectivity index (χ4v) is 1.10. The summed E-state index contributed by atoms with van der Waals surface area (Å²) in [7, 11) is 0. The molecule has 64 valence electrons. The van der Waals surface area contributed by atoms with Gasteiger partial charge in [0.05, 0.1) is 6.10 Å². The van der Waals surface area contributed by atoms with Crippen molar-refractivity contribution in [3.8, 4) is 0 Å². The van der Waals surface area contributed by atoms with Crippen molar-refractivity contribution in [1.29, 1.82) is 0 Å². The van der Waals surface area contributed by atoms with Crippen LogP contribution in [0.25, 0.3) is 0 Å². The van der Waals surface area contributed by atoms with Crippen molar-refractivity contribution < 1.29 is 15.0 Å². The molecule has 1 saturated heterocycles. The lowest BCUT2D eigenvalue weighted by Gasteiger charge is -2.39. The highest BCUT2D eigenvalue weighted by Crippen LogP contribution is 2.18. The number of aliphatic hydroxyl groups excluding tert-OH is 1. The Hall–Kier alpha value is -0.810. The van der Waals surface area contributed by atoms with Gasteiger partial charge in [0.25, 0.3) is 0 Å². The fraction of sp³-hybridized carbons (Fsp3) is 0.833. The molecule has 1 heterocycles. The number of rotatable bonds is 2. The molecule has 0 aromatic rings. The second kappa shape index (κ2) is 3.06. The molecule has 1 rings (SSSR count). The van der Waals surface area contributed by atoms with Gasteiger partial charge in [-0.15, -0.1) is 0 Å². The lowest BCUT2D eigenvalue weighted by atomic mass is 9.94. The van der Waals surface area contributed by atoms with Gasteiger partial charge in [-0.3, -0.25) is 0 Å². The van der Waals surface area contributed by atoms with Crippen molar-refractivity contribution in [3.63, 3.8) is 0 Å². The molecule has 1 fully saturated rings. The molecule has 1 amide bonds. The first kappa shape index (κ1) is 8.29. The van der Waals surface area contributed by atoms with Crippen molar-refractivity contribution in [2.24, 2.45) is 11.7 Å². The molecule has 1 aliphatic heterocycles. The summed E-state index contributed by atoms with van der Waals surface area (Å²) in [5, 5.41) is 17.6. The van der Waals surface area contributed by atoms with Gasteiger partial charge in [0.1, 0.15) is 0 Å². The highest BCUT2D eigenvalue weighted by molar-refractivity contribution is 5.66. The molecule has 1 aliphatic rings. The summed E-state index contributed by atoms with van der Waals surface area (Å²) in [6.07, 6.45) is -1.48. The molecule has 5 nitrogen and oxygen atoms in total. The second-order valence-electron chi connectivity index (χ2n) is 2.75. The van der Waals surface area contributed by atoms with Gasteiger partial charge < -0.3 is 20.8 Å². The third-order valence-corrected chi connectivity index (χ3v) is 1.97. The third kappa shape index (κ3) is 1.61. The molecule has 11 heavy (non-hydrogen) atoms. The molecular weight excluding hydrogens is 148 g/mol. The maximum Gasteiger partial charge on any atom is 0.407 e. The molecule has 0 radical (unpaired) electrons. The first-order valence-electron chi connectivity index (χ1n) is 3.51. The Morgan fingerprint density at radius 1 is 1.73 bits per heavy atom. The SMILES string of the molecule is NCC(O)C1CN(C(=O)O)C1. The number of carbonyl (C=O) groups is 1. The summed E-state index contributed by atoms with van der Waals surface area (Å²) < 4.78 is 0. The topological polar surface area (TPSA) is 86.8 Å². The Morgan fingerprint density at radius 3 is 2.64 bits per heavy atom. The number of carboxylic acid groups (broad SMARTS) is 1. The van der Waals surface area contributed by atoms with Gasteiger partial charge in [-0.05, 0) is 0 Å². The molecule has 4 N–H and O–H groups in total. The number of nitrogens with two attached hydrogens (primary N) is 1. The highest BCUT2D eigenvalue weighted by Gasteiger charge is 2.34. The first-order valence-corrected chi connectivity index (χ1v) is 3.51. The van der Waals surface area contributed by atoms with Crippen LogP contribution in [-0.2, 0) is 0 Å². The van der Waals surface area contributed by atoms with Gasteiger partial charge in [-0.25, -0.2) is 4.79 Å². The van der Waals surface area contributed by atoms with Crippen molar-refractivity contribution >= 4 is 6.09 Å². The lowest BCUT2D eigenvalue weighted by molar-refractivity contribution is 0.00839. The summed E-state index contributed by atoms with van der Waals surface area (Å²) in [6, 6.07) is 0. The molecular formula is C6H12N2O3. The molecule has 0 spiro atoms. The normalized spacial score (nSPS) is 21.1. The quantitative estimate of drug-likeness (QED) is 0.479. The fourth-order valence-electron chi connectivity index (χ4n) is 1.10. The first-order chi connectivity index (χ1) is 5.15. The monoisotopic (exact) mass is 160 g/mol. The van der Waals surface area contributed by atoms with Crippen LogP contribution in [0.1, 0.15) is 0 Å². The Kier molecular flexibility index (Phi) is 2.31. The maximum absolute atomic E-state index is 10.3. The maximum atomic E-state index is 10.3. The number of nitrogens with zero attached hydrogens (tertiary/aromatic N) is 1. The summed E-state index contributed by atoms with van der Waals surface area (Å²) in [5.41, 5.74) is 5.19. The number of hydrogen-bond acceptors (Lipinski definition) is 3. The minimum absolute atomic E-state index is 0.0381. The molecule has 5 heteroatoms. The van der Waals surface area contributed by atoms with Crippen LogP contribution < -0.4 is 5.73 Å². The number of hydrogen-bond donors (Lipinski definition) is 3. The van der Waals surface area contributed by atoms with Gasteiger partial charge in [0, 0.05) is 25.6 Å². The number of likely N-dealkylation sites (tertiary alicyclic amines) is 1. The van der Waals surface area contributed by atoms with Gasteiger partial charge >= 0.3 is 6.09 Å². The van der Waals surface area contributed by atoms with E-state index in [0.717, 1.165) is 0 Å². The Labute approximate surface area is 64.4 Å². The standard InChI is InChI=1S/C6H12N2O3/c7-1-5(9)4-2-8(3-4)6(10)11/h4-5,9H,1-3,7H2,(H,10,11). The van der Waals surface area contributed by atoms with E-state index < -0.39 is 12.2 Å². The van der Waals surface area contributed by atoms with E-state index in [0.29, 0.717) is 13.1 Å². The van der Waals surface area contributed by atoms with Crippen LogP contribution >= 0.6 is 0 Å². The number of amides is 1. The molecule has 0 saturated carbocycles. The zero-order chi connectivity index (χ0) is 8.43. The average Bonchev–Trinajstić information content (AvgIpc) is 1.83. The Morgan fingerprint density at radius 2 is 2.27 bits per heavy atom. The molecule has 0 aromatic carbocycles. The summed E-state index contributed by atoms with van der Waals surface area (Å²) in [4.78, 5) is 11.5. The molecule has 1 atom stereocenters. The Bertz CT molecular complexity index is 156.